The molecule has 2 saturated carbocycles. The van der Waals surface area contributed by atoms with E-state index in [1.807, 2.05) is 0 Å². The molecule has 1 saturated heterocycles. The number of halogens is 4. The maximum atomic E-state index is 15.0. The summed E-state index contributed by atoms with van der Waals surface area (Å²) in [4.78, 5) is 0. The zero-order valence-corrected chi connectivity index (χ0v) is 21.3. The van der Waals surface area contributed by atoms with Crippen molar-refractivity contribution in [2.75, 3.05) is 13.2 Å². The van der Waals surface area contributed by atoms with Crippen LogP contribution in [0.15, 0.2) is 42.5 Å². The second kappa shape index (κ2) is 11.3. The van der Waals surface area contributed by atoms with Crippen LogP contribution in [0.3, 0.4) is 0 Å². The van der Waals surface area contributed by atoms with E-state index in [0.717, 1.165) is 18.1 Å². The highest BCUT2D eigenvalue weighted by molar-refractivity contribution is 5.64. The van der Waals surface area contributed by atoms with Gasteiger partial charge in [0, 0.05) is 11.8 Å². The SMILES string of the molecule is CC1CCC(C2COC(C3CCC(C(F)(F)Oc4ccc(-c5ccc(F)c(F)c5)cc4)CC3)OC2)CC1. The maximum absolute atomic E-state index is 15.0. The lowest BCUT2D eigenvalue weighted by Gasteiger charge is -2.41. The summed E-state index contributed by atoms with van der Waals surface area (Å²) in [5.41, 5.74) is 1.05. The highest BCUT2D eigenvalue weighted by Crippen LogP contribution is 2.43. The van der Waals surface area contributed by atoms with Crippen molar-refractivity contribution in [3.63, 3.8) is 0 Å². The molecule has 2 aromatic rings. The van der Waals surface area contributed by atoms with Crippen molar-refractivity contribution in [3.8, 4) is 16.9 Å². The van der Waals surface area contributed by atoms with Crippen molar-refractivity contribution >= 4 is 0 Å². The summed E-state index contributed by atoms with van der Waals surface area (Å²) in [6, 6.07) is 9.55. The molecular weight excluding hydrogens is 484 g/mol. The first-order valence-electron chi connectivity index (χ1n) is 13.6. The molecule has 2 aromatic carbocycles. The Kier molecular flexibility index (Phi) is 8.10. The van der Waals surface area contributed by atoms with Gasteiger partial charge in [-0.05, 0) is 85.8 Å². The highest BCUT2D eigenvalue weighted by atomic mass is 19.3. The van der Waals surface area contributed by atoms with Crippen LogP contribution in [0, 0.1) is 41.2 Å². The molecule has 3 aliphatic rings. The average molecular weight is 521 g/mol. The first-order chi connectivity index (χ1) is 17.8. The van der Waals surface area contributed by atoms with Gasteiger partial charge in [0.15, 0.2) is 17.9 Å². The number of hydrogen-bond donors (Lipinski definition) is 0. The van der Waals surface area contributed by atoms with E-state index in [2.05, 4.69) is 6.92 Å². The molecule has 0 radical (unpaired) electrons. The van der Waals surface area contributed by atoms with E-state index in [-0.39, 0.29) is 18.0 Å². The zero-order valence-electron chi connectivity index (χ0n) is 21.3. The molecule has 3 fully saturated rings. The number of hydrogen-bond acceptors (Lipinski definition) is 3. The second-order valence-corrected chi connectivity index (χ2v) is 11.2. The standard InChI is InChI=1S/C30H36F4O3/c1-19-2-4-21(5-3-19)24-17-35-29(36-18-24)22-6-11-25(12-7-22)30(33,34)37-26-13-8-20(9-14-26)23-10-15-27(31)28(32)16-23/h8-10,13-16,19,21-22,24-25,29H,2-7,11-12,17-18H2,1H3. The molecule has 0 amide bonds. The summed E-state index contributed by atoms with van der Waals surface area (Å²) in [6.45, 7) is 3.74. The Balaban J connectivity index is 1.09. The third-order valence-electron chi connectivity index (χ3n) is 8.67. The molecule has 0 spiro atoms. The molecule has 0 unspecified atom stereocenters. The van der Waals surface area contributed by atoms with E-state index in [4.69, 9.17) is 14.2 Å². The molecule has 0 aromatic heterocycles. The van der Waals surface area contributed by atoms with Crippen molar-refractivity contribution in [1.29, 1.82) is 0 Å². The molecule has 1 aliphatic heterocycles. The van der Waals surface area contributed by atoms with Crippen LogP contribution in [0.25, 0.3) is 11.1 Å². The minimum Gasteiger partial charge on any atom is -0.432 e. The molecule has 0 N–H and O–H groups in total. The Morgan fingerprint density at radius 1 is 0.703 bits per heavy atom. The van der Waals surface area contributed by atoms with E-state index >= 15 is 0 Å². The molecule has 3 nitrogen and oxygen atoms in total. The fourth-order valence-electron chi connectivity index (χ4n) is 6.19. The summed E-state index contributed by atoms with van der Waals surface area (Å²) in [7, 11) is 0. The second-order valence-electron chi connectivity index (χ2n) is 11.2. The Hall–Kier alpha value is -2.12. The van der Waals surface area contributed by atoms with Gasteiger partial charge in [0.2, 0.25) is 0 Å². The van der Waals surface area contributed by atoms with E-state index in [1.54, 1.807) is 12.1 Å². The Morgan fingerprint density at radius 3 is 1.92 bits per heavy atom. The summed E-state index contributed by atoms with van der Waals surface area (Å²) in [6.07, 6.45) is 3.39. The lowest BCUT2D eigenvalue weighted by atomic mass is 9.76. The van der Waals surface area contributed by atoms with Crippen LogP contribution in [0.5, 0.6) is 5.75 Å². The molecule has 0 bridgehead atoms. The minimum atomic E-state index is -3.30. The molecule has 7 heteroatoms. The van der Waals surface area contributed by atoms with Crippen LogP contribution in [-0.4, -0.2) is 25.6 Å². The molecule has 0 atom stereocenters. The maximum Gasteiger partial charge on any atom is 0.400 e. The summed E-state index contributed by atoms with van der Waals surface area (Å²) in [5, 5.41) is 0. The lowest BCUT2D eigenvalue weighted by molar-refractivity contribution is -0.251. The van der Waals surface area contributed by atoms with Gasteiger partial charge in [-0.1, -0.05) is 38.0 Å². The fraction of sp³-hybridized carbons (Fsp3) is 0.600. The molecule has 5 rings (SSSR count). The van der Waals surface area contributed by atoms with Gasteiger partial charge >= 0.3 is 6.11 Å². The number of alkyl halides is 2. The number of ether oxygens (including phenoxy) is 3. The van der Waals surface area contributed by atoms with Crippen molar-refractivity contribution in [3.05, 3.63) is 54.1 Å². The van der Waals surface area contributed by atoms with Gasteiger partial charge in [-0.3, -0.25) is 0 Å². The Morgan fingerprint density at radius 2 is 1.30 bits per heavy atom. The van der Waals surface area contributed by atoms with E-state index in [0.29, 0.717) is 61.9 Å². The molecule has 1 heterocycles. The molecule has 2 aliphatic carbocycles. The van der Waals surface area contributed by atoms with Crippen LogP contribution in [0.2, 0.25) is 0 Å². The van der Waals surface area contributed by atoms with Gasteiger partial charge in [0.25, 0.3) is 0 Å². The normalized spacial score (nSPS) is 31.2. The van der Waals surface area contributed by atoms with Crippen LogP contribution in [0.1, 0.15) is 58.3 Å². The van der Waals surface area contributed by atoms with Gasteiger partial charge in [-0.25, -0.2) is 8.78 Å². The van der Waals surface area contributed by atoms with Gasteiger partial charge in [-0.15, -0.1) is 0 Å². The smallest absolute Gasteiger partial charge is 0.400 e. The minimum absolute atomic E-state index is 0.0422. The third kappa shape index (κ3) is 6.31. The van der Waals surface area contributed by atoms with Gasteiger partial charge in [-0.2, -0.15) is 8.78 Å². The average Bonchev–Trinajstić information content (AvgIpc) is 2.91. The lowest BCUT2D eigenvalue weighted by Crippen LogP contribution is -2.43. The predicted molar refractivity (Wildman–Crippen MR) is 133 cm³/mol. The third-order valence-corrected chi connectivity index (χ3v) is 8.67. The van der Waals surface area contributed by atoms with E-state index in [9.17, 15) is 17.6 Å². The topological polar surface area (TPSA) is 27.7 Å². The monoisotopic (exact) mass is 520 g/mol. The molecule has 37 heavy (non-hydrogen) atoms. The summed E-state index contributed by atoms with van der Waals surface area (Å²) >= 11 is 0. The van der Waals surface area contributed by atoms with E-state index < -0.39 is 23.7 Å². The summed E-state index contributed by atoms with van der Waals surface area (Å²) < 4.78 is 74.0. The van der Waals surface area contributed by atoms with Gasteiger partial charge in [0.05, 0.1) is 19.1 Å². The Bertz CT molecular complexity index is 1020. The van der Waals surface area contributed by atoms with Crippen molar-refractivity contribution < 1.29 is 31.8 Å². The van der Waals surface area contributed by atoms with Crippen molar-refractivity contribution in [2.45, 2.75) is 70.7 Å². The number of benzene rings is 2. The van der Waals surface area contributed by atoms with Crippen LogP contribution < -0.4 is 4.74 Å². The van der Waals surface area contributed by atoms with Crippen LogP contribution >= 0.6 is 0 Å². The Labute approximate surface area is 216 Å². The quantitative estimate of drug-likeness (QED) is 0.359. The highest BCUT2D eigenvalue weighted by Gasteiger charge is 2.46. The zero-order chi connectivity index (χ0) is 26.0. The van der Waals surface area contributed by atoms with Crippen LogP contribution in [-0.2, 0) is 9.47 Å². The fourth-order valence-corrected chi connectivity index (χ4v) is 6.19. The molecular formula is C30H36F4O3. The predicted octanol–water partition coefficient (Wildman–Crippen LogP) is 8.23. The van der Waals surface area contributed by atoms with Gasteiger partial charge in [0.1, 0.15) is 5.75 Å². The van der Waals surface area contributed by atoms with Crippen LogP contribution in [0.4, 0.5) is 17.6 Å². The first kappa shape index (κ1) is 26.5. The van der Waals surface area contributed by atoms with Crippen molar-refractivity contribution in [2.24, 2.45) is 29.6 Å². The van der Waals surface area contributed by atoms with E-state index in [1.165, 1.54) is 43.9 Å². The first-order valence-corrected chi connectivity index (χ1v) is 13.6. The number of rotatable bonds is 6. The van der Waals surface area contributed by atoms with Gasteiger partial charge < -0.3 is 14.2 Å². The largest absolute Gasteiger partial charge is 0.432 e. The van der Waals surface area contributed by atoms with Crippen molar-refractivity contribution in [1.82, 2.24) is 0 Å². The molecule has 202 valence electrons. The summed E-state index contributed by atoms with van der Waals surface area (Å²) in [5.74, 6) is -0.648.